The summed E-state index contributed by atoms with van der Waals surface area (Å²) in [5.41, 5.74) is 6.49. The van der Waals surface area contributed by atoms with Crippen molar-refractivity contribution in [3.8, 4) is 0 Å². The Morgan fingerprint density at radius 1 is 1.45 bits per heavy atom. The first-order chi connectivity index (χ1) is 9.72. The lowest BCUT2D eigenvalue weighted by molar-refractivity contribution is 0.0256. The Morgan fingerprint density at radius 2 is 2.30 bits per heavy atom. The number of oxime groups is 1. The summed E-state index contributed by atoms with van der Waals surface area (Å²) in [6.45, 7) is 1.31. The van der Waals surface area contributed by atoms with E-state index in [1.54, 1.807) is 6.07 Å². The molecule has 0 aromatic heterocycles. The molecule has 2 fully saturated rings. The van der Waals surface area contributed by atoms with Crippen molar-refractivity contribution < 1.29 is 14.3 Å². The summed E-state index contributed by atoms with van der Waals surface area (Å²) in [7, 11) is 0. The van der Waals surface area contributed by atoms with Crippen LogP contribution in [0.2, 0.25) is 0 Å². The summed E-state index contributed by atoms with van der Waals surface area (Å²) in [6.07, 6.45) is 3.37. The van der Waals surface area contributed by atoms with Crippen LogP contribution >= 0.6 is 0 Å². The molecule has 1 saturated carbocycles. The lowest BCUT2D eigenvalue weighted by atomic mass is 10.0. The van der Waals surface area contributed by atoms with Gasteiger partial charge in [0, 0.05) is 6.54 Å². The summed E-state index contributed by atoms with van der Waals surface area (Å²) >= 11 is 0. The van der Waals surface area contributed by atoms with Crippen LogP contribution in [0.1, 0.15) is 24.8 Å². The summed E-state index contributed by atoms with van der Waals surface area (Å²) in [4.78, 5) is 2.14. The highest BCUT2D eigenvalue weighted by Crippen LogP contribution is 2.35. The van der Waals surface area contributed by atoms with E-state index < -0.39 is 5.82 Å². The molecule has 6 heteroatoms. The van der Waals surface area contributed by atoms with Gasteiger partial charge in [-0.2, -0.15) is 0 Å². The topological polar surface area (TPSA) is 71.1 Å². The zero-order chi connectivity index (χ0) is 14.1. The molecule has 1 saturated heterocycles. The molecule has 0 radical (unpaired) electrons. The van der Waals surface area contributed by atoms with Gasteiger partial charge < -0.3 is 20.6 Å². The first-order valence-electron chi connectivity index (χ1n) is 6.87. The fourth-order valence-electron chi connectivity index (χ4n) is 3.28. The smallest absolute Gasteiger partial charge is 0.175 e. The summed E-state index contributed by atoms with van der Waals surface area (Å²) in [5, 5.41) is 11.8. The standard InChI is InChI=1S/C14H18FN3O2/c15-9-3-1-5-11(13(9)14(16)17-19)18-7-8-20-12-6-2-4-10(12)18/h1,3,5,10,12,19H,2,4,6-8H2,(H2,16,17). The third-order valence-electron chi connectivity index (χ3n) is 4.15. The second-order valence-electron chi connectivity index (χ2n) is 5.22. The molecule has 2 atom stereocenters. The Kier molecular flexibility index (Phi) is 3.48. The minimum absolute atomic E-state index is 0.169. The Morgan fingerprint density at radius 3 is 3.10 bits per heavy atom. The minimum atomic E-state index is -0.473. The number of anilines is 1. The van der Waals surface area contributed by atoms with E-state index in [0.29, 0.717) is 18.8 Å². The Labute approximate surface area is 116 Å². The largest absolute Gasteiger partial charge is 0.409 e. The van der Waals surface area contributed by atoms with E-state index in [0.717, 1.165) is 19.3 Å². The number of hydrogen-bond acceptors (Lipinski definition) is 4. The summed E-state index contributed by atoms with van der Waals surface area (Å²) in [5.74, 6) is -0.669. The van der Waals surface area contributed by atoms with Crippen LogP contribution in [-0.4, -0.2) is 36.3 Å². The van der Waals surface area contributed by atoms with Crippen molar-refractivity contribution in [2.75, 3.05) is 18.1 Å². The molecule has 5 nitrogen and oxygen atoms in total. The van der Waals surface area contributed by atoms with Crippen LogP contribution in [0.25, 0.3) is 0 Å². The number of amidine groups is 1. The van der Waals surface area contributed by atoms with Gasteiger partial charge in [0.1, 0.15) is 5.82 Å². The van der Waals surface area contributed by atoms with E-state index >= 15 is 0 Å². The van der Waals surface area contributed by atoms with Crippen LogP contribution in [0.4, 0.5) is 10.1 Å². The van der Waals surface area contributed by atoms with Gasteiger partial charge in [-0.05, 0) is 31.4 Å². The first kappa shape index (κ1) is 13.2. The molecule has 1 aliphatic carbocycles. The van der Waals surface area contributed by atoms with Crippen molar-refractivity contribution >= 4 is 11.5 Å². The lowest BCUT2D eigenvalue weighted by Gasteiger charge is -2.40. The van der Waals surface area contributed by atoms with E-state index in [1.165, 1.54) is 6.07 Å². The number of nitrogens with two attached hydrogens (primary N) is 1. The second kappa shape index (κ2) is 5.28. The number of nitrogens with zero attached hydrogens (tertiary/aromatic N) is 2. The van der Waals surface area contributed by atoms with Crippen molar-refractivity contribution in [1.82, 2.24) is 0 Å². The molecule has 20 heavy (non-hydrogen) atoms. The first-order valence-corrected chi connectivity index (χ1v) is 6.87. The monoisotopic (exact) mass is 279 g/mol. The van der Waals surface area contributed by atoms with Crippen LogP contribution < -0.4 is 10.6 Å². The van der Waals surface area contributed by atoms with Gasteiger partial charge in [0.25, 0.3) is 0 Å². The number of ether oxygens (including phenoxy) is 1. The molecule has 1 aromatic carbocycles. The van der Waals surface area contributed by atoms with E-state index in [9.17, 15) is 4.39 Å². The fourth-order valence-corrected chi connectivity index (χ4v) is 3.28. The van der Waals surface area contributed by atoms with Crippen molar-refractivity contribution in [1.29, 1.82) is 0 Å². The molecule has 2 unspecified atom stereocenters. The second-order valence-corrected chi connectivity index (χ2v) is 5.22. The van der Waals surface area contributed by atoms with Crippen molar-refractivity contribution in [2.24, 2.45) is 10.9 Å². The van der Waals surface area contributed by atoms with Crippen LogP contribution in [0.15, 0.2) is 23.4 Å². The van der Waals surface area contributed by atoms with E-state index in [2.05, 4.69) is 10.1 Å². The van der Waals surface area contributed by atoms with Gasteiger partial charge >= 0.3 is 0 Å². The van der Waals surface area contributed by atoms with E-state index in [4.69, 9.17) is 15.7 Å². The number of hydrogen-bond donors (Lipinski definition) is 2. The zero-order valence-electron chi connectivity index (χ0n) is 11.1. The van der Waals surface area contributed by atoms with Gasteiger partial charge in [0.05, 0.1) is 30.0 Å². The van der Waals surface area contributed by atoms with Gasteiger partial charge in [0.2, 0.25) is 0 Å². The number of fused-ring (bicyclic) bond motifs is 1. The van der Waals surface area contributed by atoms with Crippen molar-refractivity contribution in [3.05, 3.63) is 29.6 Å². The highest BCUT2D eigenvalue weighted by Gasteiger charge is 2.37. The maximum absolute atomic E-state index is 14.1. The third kappa shape index (κ3) is 2.10. The average molecular weight is 279 g/mol. The normalized spacial score (nSPS) is 26.6. The minimum Gasteiger partial charge on any atom is -0.409 e. The quantitative estimate of drug-likeness (QED) is 0.374. The third-order valence-corrected chi connectivity index (χ3v) is 4.15. The lowest BCUT2D eigenvalue weighted by Crippen LogP contribution is -2.49. The molecule has 1 aliphatic heterocycles. The van der Waals surface area contributed by atoms with Crippen LogP contribution in [0, 0.1) is 5.82 Å². The van der Waals surface area contributed by atoms with Crippen molar-refractivity contribution in [2.45, 2.75) is 31.4 Å². The van der Waals surface area contributed by atoms with Crippen LogP contribution in [-0.2, 0) is 4.74 Å². The molecule has 0 spiro atoms. The number of morpholine rings is 1. The SMILES string of the molecule is NC(=NO)c1c(F)cccc1N1CCOC2CCCC21. The molecular formula is C14H18FN3O2. The fraction of sp³-hybridized carbons (Fsp3) is 0.500. The Balaban J connectivity index is 2.03. The molecular weight excluding hydrogens is 261 g/mol. The highest BCUT2D eigenvalue weighted by atomic mass is 19.1. The van der Waals surface area contributed by atoms with E-state index in [1.807, 2.05) is 6.07 Å². The van der Waals surface area contributed by atoms with Crippen LogP contribution in [0.3, 0.4) is 0 Å². The number of benzene rings is 1. The van der Waals surface area contributed by atoms with Gasteiger partial charge in [-0.25, -0.2) is 4.39 Å². The van der Waals surface area contributed by atoms with Gasteiger partial charge in [-0.3, -0.25) is 0 Å². The van der Waals surface area contributed by atoms with Gasteiger partial charge in [0.15, 0.2) is 5.84 Å². The summed E-state index contributed by atoms with van der Waals surface area (Å²) in [6, 6.07) is 5.04. The maximum atomic E-state index is 14.1. The molecule has 2 aliphatic rings. The van der Waals surface area contributed by atoms with Gasteiger partial charge in [-0.15, -0.1) is 0 Å². The molecule has 3 rings (SSSR count). The Bertz CT molecular complexity index is 535. The highest BCUT2D eigenvalue weighted by molar-refractivity contribution is 6.02. The van der Waals surface area contributed by atoms with E-state index in [-0.39, 0.29) is 23.5 Å². The van der Waals surface area contributed by atoms with Gasteiger partial charge in [-0.1, -0.05) is 11.2 Å². The number of halogens is 1. The maximum Gasteiger partial charge on any atom is 0.175 e. The average Bonchev–Trinajstić information content (AvgIpc) is 2.94. The molecule has 1 heterocycles. The molecule has 108 valence electrons. The predicted octanol–water partition coefficient (Wildman–Crippen LogP) is 1.68. The molecule has 3 N–H and O–H groups in total. The predicted molar refractivity (Wildman–Crippen MR) is 73.6 cm³/mol. The number of rotatable bonds is 2. The summed E-state index contributed by atoms with van der Waals surface area (Å²) < 4.78 is 19.8. The molecule has 0 bridgehead atoms. The van der Waals surface area contributed by atoms with Crippen molar-refractivity contribution in [3.63, 3.8) is 0 Å². The molecule has 0 amide bonds. The zero-order valence-corrected chi connectivity index (χ0v) is 11.1. The molecule has 1 aromatic rings. The Hall–Kier alpha value is -1.82. The van der Waals surface area contributed by atoms with Crippen LogP contribution in [0.5, 0.6) is 0 Å².